The zero-order valence-electron chi connectivity index (χ0n) is 10.7. The smallest absolute Gasteiger partial charge is 0.0716 e. The zero-order valence-corrected chi connectivity index (χ0v) is 10.7. The van der Waals surface area contributed by atoms with Crippen LogP contribution in [0.3, 0.4) is 0 Å². The largest absolute Gasteiger partial charge is 0.377 e. The summed E-state index contributed by atoms with van der Waals surface area (Å²) in [6.45, 7) is 5.25. The van der Waals surface area contributed by atoms with Gasteiger partial charge in [0.15, 0.2) is 0 Å². The summed E-state index contributed by atoms with van der Waals surface area (Å²) in [6, 6.07) is 10.8. The third kappa shape index (κ3) is 6.25. The fraction of sp³-hybridized carbons (Fsp3) is 0.467. The first-order valence-corrected chi connectivity index (χ1v) is 6.26. The van der Waals surface area contributed by atoms with Crippen LogP contribution in [0.15, 0.2) is 43.0 Å². The first-order chi connectivity index (χ1) is 8.36. The molecule has 0 heterocycles. The summed E-state index contributed by atoms with van der Waals surface area (Å²) in [5.74, 6) is 0. The van der Waals surface area contributed by atoms with Crippen LogP contribution in [-0.4, -0.2) is 19.7 Å². The highest BCUT2D eigenvalue weighted by Gasteiger charge is 2.04. The Morgan fingerprint density at radius 1 is 1.29 bits per heavy atom. The minimum Gasteiger partial charge on any atom is -0.377 e. The average molecular weight is 233 g/mol. The van der Waals surface area contributed by atoms with E-state index in [9.17, 15) is 0 Å². The van der Waals surface area contributed by atoms with E-state index in [2.05, 4.69) is 24.0 Å². The van der Waals surface area contributed by atoms with Gasteiger partial charge in [0.2, 0.25) is 0 Å². The Bertz CT molecular complexity index is 297. The molecular formula is C15H23NO. The quantitative estimate of drug-likeness (QED) is 0.522. The van der Waals surface area contributed by atoms with E-state index >= 15 is 0 Å². The van der Waals surface area contributed by atoms with E-state index in [0.29, 0.717) is 12.6 Å². The maximum atomic E-state index is 5.67. The van der Waals surface area contributed by atoms with E-state index in [1.807, 2.05) is 31.3 Å². The molecule has 94 valence electrons. The van der Waals surface area contributed by atoms with E-state index in [1.54, 1.807) is 0 Å². The van der Waals surface area contributed by atoms with Gasteiger partial charge in [0, 0.05) is 12.6 Å². The third-order valence-electron chi connectivity index (χ3n) is 2.85. The van der Waals surface area contributed by atoms with Gasteiger partial charge in [-0.3, -0.25) is 0 Å². The van der Waals surface area contributed by atoms with Gasteiger partial charge in [0.25, 0.3) is 0 Å². The first-order valence-electron chi connectivity index (χ1n) is 6.26. The summed E-state index contributed by atoms with van der Waals surface area (Å²) in [7, 11) is 2.00. The van der Waals surface area contributed by atoms with Crippen molar-refractivity contribution >= 4 is 0 Å². The Kier molecular flexibility index (Phi) is 7.35. The second kappa shape index (κ2) is 8.97. The summed E-state index contributed by atoms with van der Waals surface area (Å²) in [6.07, 6.45) is 5.21. The standard InChI is InChI=1S/C15H23NO/c1-3-4-10-15(16-2)11-12-17-13-14-8-6-5-7-9-14/h3,5-9,15-16H,1,4,10-13H2,2H3. The van der Waals surface area contributed by atoms with Crippen LogP contribution in [-0.2, 0) is 11.3 Å². The monoisotopic (exact) mass is 233 g/mol. The molecule has 1 atom stereocenters. The molecule has 1 unspecified atom stereocenters. The molecule has 0 amide bonds. The molecule has 0 aromatic heterocycles. The van der Waals surface area contributed by atoms with Crippen LogP contribution in [0, 0.1) is 0 Å². The molecule has 2 heteroatoms. The molecule has 17 heavy (non-hydrogen) atoms. The maximum Gasteiger partial charge on any atom is 0.0716 e. The van der Waals surface area contributed by atoms with Crippen molar-refractivity contribution in [3.63, 3.8) is 0 Å². The molecule has 0 saturated carbocycles. The van der Waals surface area contributed by atoms with Crippen LogP contribution in [0.5, 0.6) is 0 Å². The lowest BCUT2D eigenvalue weighted by molar-refractivity contribution is 0.111. The van der Waals surface area contributed by atoms with Crippen molar-refractivity contribution < 1.29 is 4.74 Å². The van der Waals surface area contributed by atoms with Crippen molar-refractivity contribution in [1.82, 2.24) is 5.32 Å². The fourth-order valence-electron chi connectivity index (χ4n) is 1.74. The Labute approximate surface area is 105 Å². The average Bonchev–Trinajstić information content (AvgIpc) is 2.39. The third-order valence-corrected chi connectivity index (χ3v) is 2.85. The van der Waals surface area contributed by atoms with Gasteiger partial charge in [-0.15, -0.1) is 6.58 Å². The van der Waals surface area contributed by atoms with Gasteiger partial charge in [-0.2, -0.15) is 0 Å². The second-order valence-electron chi connectivity index (χ2n) is 4.18. The van der Waals surface area contributed by atoms with Crippen LogP contribution >= 0.6 is 0 Å². The van der Waals surface area contributed by atoms with Gasteiger partial charge in [0.05, 0.1) is 6.61 Å². The molecule has 1 rings (SSSR count). The summed E-state index contributed by atoms with van der Waals surface area (Å²) in [4.78, 5) is 0. The SMILES string of the molecule is C=CCCC(CCOCc1ccccc1)NC. The normalized spacial score (nSPS) is 12.3. The minimum absolute atomic E-state index is 0.531. The van der Waals surface area contributed by atoms with Crippen molar-refractivity contribution in [3.05, 3.63) is 48.6 Å². The lowest BCUT2D eigenvalue weighted by Gasteiger charge is -2.15. The second-order valence-corrected chi connectivity index (χ2v) is 4.18. The van der Waals surface area contributed by atoms with Crippen molar-refractivity contribution in [3.8, 4) is 0 Å². The number of allylic oxidation sites excluding steroid dienone is 1. The minimum atomic E-state index is 0.531. The molecule has 1 aromatic carbocycles. The lowest BCUT2D eigenvalue weighted by Crippen LogP contribution is -2.26. The molecule has 0 saturated heterocycles. The van der Waals surface area contributed by atoms with Gasteiger partial charge in [-0.1, -0.05) is 36.4 Å². The Morgan fingerprint density at radius 3 is 2.71 bits per heavy atom. The molecule has 1 aromatic rings. The van der Waals surface area contributed by atoms with Gasteiger partial charge in [0.1, 0.15) is 0 Å². The number of rotatable bonds is 9. The molecule has 0 spiro atoms. The summed E-state index contributed by atoms with van der Waals surface area (Å²) < 4.78 is 5.67. The van der Waals surface area contributed by atoms with Gasteiger partial charge in [-0.25, -0.2) is 0 Å². The molecule has 0 fully saturated rings. The molecule has 1 N–H and O–H groups in total. The maximum absolute atomic E-state index is 5.67. The van der Waals surface area contributed by atoms with Gasteiger partial charge in [-0.05, 0) is 31.9 Å². The first kappa shape index (κ1) is 13.9. The van der Waals surface area contributed by atoms with Crippen LogP contribution in [0.4, 0.5) is 0 Å². The van der Waals surface area contributed by atoms with Crippen molar-refractivity contribution in [2.75, 3.05) is 13.7 Å². The van der Waals surface area contributed by atoms with Crippen LogP contribution in [0.25, 0.3) is 0 Å². The predicted octanol–water partition coefficient (Wildman–Crippen LogP) is 3.15. The van der Waals surface area contributed by atoms with Crippen molar-refractivity contribution in [2.24, 2.45) is 0 Å². The Hall–Kier alpha value is -1.12. The highest BCUT2D eigenvalue weighted by Crippen LogP contribution is 2.05. The number of hydrogen-bond acceptors (Lipinski definition) is 2. The van der Waals surface area contributed by atoms with Crippen LogP contribution in [0.2, 0.25) is 0 Å². The Morgan fingerprint density at radius 2 is 2.06 bits per heavy atom. The number of benzene rings is 1. The number of nitrogens with one attached hydrogen (secondary N) is 1. The van der Waals surface area contributed by atoms with Crippen LogP contribution in [0.1, 0.15) is 24.8 Å². The van der Waals surface area contributed by atoms with Crippen molar-refractivity contribution in [1.29, 1.82) is 0 Å². The summed E-state index contributed by atoms with van der Waals surface area (Å²) in [5.41, 5.74) is 1.24. The number of hydrogen-bond donors (Lipinski definition) is 1. The van der Waals surface area contributed by atoms with Gasteiger partial charge >= 0.3 is 0 Å². The molecule has 0 bridgehead atoms. The summed E-state index contributed by atoms with van der Waals surface area (Å²) >= 11 is 0. The fourth-order valence-corrected chi connectivity index (χ4v) is 1.74. The topological polar surface area (TPSA) is 21.3 Å². The van der Waals surface area contributed by atoms with E-state index in [-0.39, 0.29) is 0 Å². The Balaban J connectivity index is 2.12. The van der Waals surface area contributed by atoms with E-state index in [0.717, 1.165) is 25.9 Å². The van der Waals surface area contributed by atoms with E-state index < -0.39 is 0 Å². The van der Waals surface area contributed by atoms with E-state index in [1.165, 1.54) is 5.56 Å². The van der Waals surface area contributed by atoms with Crippen LogP contribution < -0.4 is 5.32 Å². The zero-order chi connectivity index (χ0) is 12.3. The number of ether oxygens (including phenoxy) is 1. The van der Waals surface area contributed by atoms with E-state index in [4.69, 9.17) is 4.74 Å². The molecular weight excluding hydrogens is 210 g/mol. The highest BCUT2D eigenvalue weighted by molar-refractivity contribution is 5.13. The van der Waals surface area contributed by atoms with Gasteiger partial charge < -0.3 is 10.1 Å². The summed E-state index contributed by atoms with van der Waals surface area (Å²) in [5, 5.41) is 3.31. The highest BCUT2D eigenvalue weighted by atomic mass is 16.5. The molecule has 0 aliphatic rings. The molecule has 2 nitrogen and oxygen atoms in total. The molecule has 0 aliphatic heterocycles. The lowest BCUT2D eigenvalue weighted by atomic mass is 10.1. The molecule has 0 aliphatic carbocycles. The predicted molar refractivity (Wildman–Crippen MR) is 73.0 cm³/mol. The molecule has 0 radical (unpaired) electrons. The van der Waals surface area contributed by atoms with Crippen molar-refractivity contribution in [2.45, 2.75) is 31.9 Å².